The highest BCUT2D eigenvalue weighted by molar-refractivity contribution is 6.00. The van der Waals surface area contributed by atoms with Crippen LogP contribution in [0.4, 0.5) is 16.2 Å². The van der Waals surface area contributed by atoms with E-state index >= 15 is 0 Å². The van der Waals surface area contributed by atoms with Crippen LogP contribution >= 0.6 is 0 Å². The van der Waals surface area contributed by atoms with E-state index in [2.05, 4.69) is 10.6 Å². The Labute approximate surface area is 146 Å². The summed E-state index contributed by atoms with van der Waals surface area (Å²) in [5.74, 6) is -0.142. The maximum atomic E-state index is 12.2. The van der Waals surface area contributed by atoms with Gasteiger partial charge < -0.3 is 20.5 Å². The first-order valence-corrected chi connectivity index (χ1v) is 7.93. The molecule has 2 rings (SSSR count). The van der Waals surface area contributed by atoms with Crippen molar-refractivity contribution in [1.29, 1.82) is 0 Å². The molecule has 0 aliphatic rings. The molecule has 0 bridgehead atoms. The number of methoxy groups -OCH3 is 1. The third-order valence-corrected chi connectivity index (χ3v) is 3.80. The number of anilines is 2. The Hall–Kier alpha value is -3.02. The van der Waals surface area contributed by atoms with E-state index in [-0.39, 0.29) is 12.5 Å². The topological polar surface area (TPSA) is 87.7 Å². The molecule has 3 N–H and O–H groups in total. The Kier molecular flexibility index (Phi) is 6.00. The zero-order valence-corrected chi connectivity index (χ0v) is 14.6. The number of aryl methyl sites for hydroxylation is 3. The molecule has 2 aromatic rings. The van der Waals surface area contributed by atoms with Gasteiger partial charge in [-0.2, -0.15) is 0 Å². The number of ether oxygens (including phenoxy) is 1. The van der Waals surface area contributed by atoms with Gasteiger partial charge in [-0.1, -0.05) is 18.2 Å². The maximum Gasteiger partial charge on any atom is 0.323 e. The Morgan fingerprint density at radius 1 is 1.08 bits per heavy atom. The van der Waals surface area contributed by atoms with Crippen molar-refractivity contribution in [3.63, 3.8) is 0 Å². The number of benzene rings is 2. The fraction of sp³-hybridized carbons (Fsp3) is 0.263. The van der Waals surface area contributed by atoms with Crippen molar-refractivity contribution in [2.24, 2.45) is 0 Å². The smallest absolute Gasteiger partial charge is 0.323 e. The summed E-state index contributed by atoms with van der Waals surface area (Å²) in [6, 6.07) is 10.5. The van der Waals surface area contributed by atoms with Crippen LogP contribution in [0.5, 0.6) is 5.75 Å². The normalized spacial score (nSPS) is 10.2. The molecule has 0 atom stereocenters. The molecule has 0 radical (unpaired) electrons. The fourth-order valence-electron chi connectivity index (χ4n) is 2.53. The second-order valence-corrected chi connectivity index (χ2v) is 5.81. The van der Waals surface area contributed by atoms with E-state index in [1.54, 1.807) is 31.4 Å². The van der Waals surface area contributed by atoms with Crippen molar-refractivity contribution >= 4 is 23.4 Å². The molecule has 0 aliphatic carbocycles. The minimum Gasteiger partial charge on any atom is -0.496 e. The van der Waals surface area contributed by atoms with Crippen LogP contribution in [0, 0.1) is 13.8 Å². The first-order valence-electron chi connectivity index (χ1n) is 7.93. The Morgan fingerprint density at radius 3 is 2.52 bits per heavy atom. The SMILES string of the molecule is COc1cc(NC(=O)Nc2cccc(CCC(=O)O)c2)c(C)cc1C. The summed E-state index contributed by atoms with van der Waals surface area (Å²) >= 11 is 0. The molecule has 0 unspecified atom stereocenters. The highest BCUT2D eigenvalue weighted by Gasteiger charge is 2.09. The zero-order valence-electron chi connectivity index (χ0n) is 14.6. The van der Waals surface area contributed by atoms with E-state index < -0.39 is 5.97 Å². The van der Waals surface area contributed by atoms with Crippen LogP contribution in [0.1, 0.15) is 23.1 Å². The van der Waals surface area contributed by atoms with Crippen LogP contribution in [-0.4, -0.2) is 24.2 Å². The van der Waals surface area contributed by atoms with Gasteiger partial charge in [0.1, 0.15) is 5.75 Å². The predicted molar refractivity (Wildman–Crippen MR) is 97.5 cm³/mol. The number of aliphatic carboxylic acids is 1. The third-order valence-electron chi connectivity index (χ3n) is 3.80. The Balaban J connectivity index is 2.05. The van der Waals surface area contributed by atoms with E-state index in [1.165, 1.54) is 0 Å². The van der Waals surface area contributed by atoms with Crippen molar-refractivity contribution in [3.05, 3.63) is 53.1 Å². The fourth-order valence-corrected chi connectivity index (χ4v) is 2.53. The number of nitrogens with one attached hydrogen (secondary N) is 2. The molecule has 6 heteroatoms. The van der Waals surface area contributed by atoms with Gasteiger partial charge >= 0.3 is 12.0 Å². The quantitative estimate of drug-likeness (QED) is 0.741. The molecule has 6 nitrogen and oxygen atoms in total. The summed E-state index contributed by atoms with van der Waals surface area (Å²) in [6.45, 7) is 3.85. The Bertz CT molecular complexity index is 787. The largest absolute Gasteiger partial charge is 0.496 e. The van der Waals surface area contributed by atoms with Crippen LogP contribution < -0.4 is 15.4 Å². The average Bonchev–Trinajstić information content (AvgIpc) is 2.55. The van der Waals surface area contributed by atoms with Gasteiger partial charge in [0.25, 0.3) is 0 Å². The summed E-state index contributed by atoms with van der Waals surface area (Å²) in [4.78, 5) is 22.9. The molecule has 0 saturated heterocycles. The van der Waals surface area contributed by atoms with Crippen LogP contribution in [0.3, 0.4) is 0 Å². The predicted octanol–water partition coefficient (Wildman–Crippen LogP) is 3.97. The molecule has 0 saturated carbocycles. The number of carbonyl (C=O) groups excluding carboxylic acids is 1. The summed E-state index contributed by atoms with van der Waals surface area (Å²) in [6.07, 6.45) is 0.471. The van der Waals surface area contributed by atoms with E-state index in [0.717, 1.165) is 16.7 Å². The molecular formula is C19H22N2O4. The molecule has 25 heavy (non-hydrogen) atoms. The summed E-state index contributed by atoms with van der Waals surface area (Å²) in [7, 11) is 1.59. The zero-order chi connectivity index (χ0) is 18.4. The number of hydrogen-bond acceptors (Lipinski definition) is 3. The first kappa shape index (κ1) is 18.3. The third kappa shape index (κ3) is 5.24. The van der Waals surface area contributed by atoms with Gasteiger partial charge in [-0.15, -0.1) is 0 Å². The summed E-state index contributed by atoms with van der Waals surface area (Å²) < 4.78 is 5.28. The molecule has 0 spiro atoms. The number of carboxylic acids is 1. The Morgan fingerprint density at radius 2 is 1.84 bits per heavy atom. The number of amides is 2. The van der Waals surface area contributed by atoms with Gasteiger partial charge in [0.2, 0.25) is 0 Å². The lowest BCUT2D eigenvalue weighted by Crippen LogP contribution is -2.20. The highest BCUT2D eigenvalue weighted by Crippen LogP contribution is 2.26. The lowest BCUT2D eigenvalue weighted by molar-refractivity contribution is -0.136. The highest BCUT2D eigenvalue weighted by atomic mass is 16.5. The lowest BCUT2D eigenvalue weighted by atomic mass is 10.1. The van der Waals surface area contributed by atoms with Crippen molar-refractivity contribution in [2.45, 2.75) is 26.7 Å². The van der Waals surface area contributed by atoms with Gasteiger partial charge in [-0.25, -0.2) is 4.79 Å². The molecule has 0 aliphatic heterocycles. The minimum absolute atomic E-state index is 0.0536. The molecular weight excluding hydrogens is 320 g/mol. The average molecular weight is 342 g/mol. The van der Waals surface area contributed by atoms with E-state index in [1.807, 2.05) is 26.0 Å². The van der Waals surface area contributed by atoms with Gasteiger partial charge in [0.15, 0.2) is 0 Å². The second kappa shape index (κ2) is 8.19. The van der Waals surface area contributed by atoms with Crippen LogP contribution in [0.2, 0.25) is 0 Å². The van der Waals surface area contributed by atoms with Crippen LogP contribution in [-0.2, 0) is 11.2 Å². The summed E-state index contributed by atoms with van der Waals surface area (Å²) in [5.41, 5.74) is 4.06. The van der Waals surface area contributed by atoms with Crippen LogP contribution in [0.15, 0.2) is 36.4 Å². The monoisotopic (exact) mass is 342 g/mol. The molecule has 0 aromatic heterocycles. The molecule has 2 aromatic carbocycles. The number of hydrogen-bond donors (Lipinski definition) is 3. The number of urea groups is 1. The molecule has 0 fully saturated rings. The van der Waals surface area contributed by atoms with E-state index in [4.69, 9.17) is 9.84 Å². The number of carboxylic acid groups (broad SMARTS) is 1. The summed E-state index contributed by atoms with van der Waals surface area (Å²) in [5, 5.41) is 14.3. The molecule has 0 heterocycles. The van der Waals surface area contributed by atoms with Gasteiger partial charge in [0.05, 0.1) is 7.11 Å². The van der Waals surface area contributed by atoms with Crippen molar-refractivity contribution in [3.8, 4) is 5.75 Å². The van der Waals surface area contributed by atoms with Gasteiger partial charge in [-0.3, -0.25) is 4.79 Å². The van der Waals surface area contributed by atoms with E-state index in [0.29, 0.717) is 23.5 Å². The van der Waals surface area contributed by atoms with Gasteiger partial charge in [-0.05, 0) is 49.1 Å². The standard InChI is InChI=1S/C19H22N2O4/c1-12-9-13(2)17(25-3)11-16(12)21-19(24)20-15-6-4-5-14(10-15)7-8-18(22)23/h4-6,9-11H,7-8H2,1-3H3,(H,22,23)(H2,20,21,24). The first-order chi connectivity index (χ1) is 11.9. The van der Waals surface area contributed by atoms with Gasteiger partial charge in [0, 0.05) is 23.9 Å². The molecule has 2 amide bonds. The van der Waals surface area contributed by atoms with Crippen LogP contribution in [0.25, 0.3) is 0 Å². The minimum atomic E-state index is -0.847. The van der Waals surface area contributed by atoms with Crippen molar-refractivity contribution in [1.82, 2.24) is 0 Å². The number of carbonyl (C=O) groups is 2. The lowest BCUT2D eigenvalue weighted by Gasteiger charge is -2.13. The molecule has 132 valence electrons. The van der Waals surface area contributed by atoms with E-state index in [9.17, 15) is 9.59 Å². The number of rotatable bonds is 6. The van der Waals surface area contributed by atoms with Crippen molar-refractivity contribution in [2.75, 3.05) is 17.7 Å². The second-order valence-electron chi connectivity index (χ2n) is 5.81. The maximum absolute atomic E-state index is 12.2. The van der Waals surface area contributed by atoms with Crippen molar-refractivity contribution < 1.29 is 19.4 Å².